The lowest BCUT2D eigenvalue weighted by Gasteiger charge is -2.15. The van der Waals surface area contributed by atoms with Crippen molar-refractivity contribution in [2.24, 2.45) is 0 Å². The van der Waals surface area contributed by atoms with Gasteiger partial charge in [-0.1, -0.05) is 38.5 Å². The molecule has 1 aliphatic heterocycles. The number of hydrogen-bond acceptors (Lipinski definition) is 4. The van der Waals surface area contributed by atoms with Gasteiger partial charge in [-0.05, 0) is 19.8 Å². The molecule has 1 atom stereocenters. The highest BCUT2D eigenvalue weighted by molar-refractivity contribution is 7.99. The number of fused-ring (bicyclic) bond motifs is 1. The van der Waals surface area contributed by atoms with E-state index in [0.717, 1.165) is 48.0 Å². The summed E-state index contributed by atoms with van der Waals surface area (Å²) < 4.78 is 1.72. The number of nitrogens with one attached hydrogen (secondary N) is 1. The molecule has 122 valence electrons. The summed E-state index contributed by atoms with van der Waals surface area (Å²) >= 11 is 1.57. The lowest BCUT2D eigenvalue weighted by atomic mass is 10.1. The average molecular weight is 323 g/mol. The fraction of sp³-hybridized carbons (Fsp3) is 0.688. The van der Waals surface area contributed by atoms with Gasteiger partial charge < -0.3 is 5.32 Å². The average Bonchev–Trinajstić information content (AvgIpc) is 2.87. The van der Waals surface area contributed by atoms with E-state index in [9.17, 15) is 9.59 Å². The molecule has 1 aromatic heterocycles. The summed E-state index contributed by atoms with van der Waals surface area (Å²) in [7, 11) is 0. The smallest absolute Gasteiger partial charge is 0.257 e. The Morgan fingerprint density at radius 1 is 1.41 bits per heavy atom. The van der Waals surface area contributed by atoms with Crippen molar-refractivity contribution in [3.63, 3.8) is 0 Å². The first kappa shape index (κ1) is 17.1. The van der Waals surface area contributed by atoms with E-state index in [-0.39, 0.29) is 17.5 Å². The SMILES string of the molecule is CCCCCNC(=O)CC1CSc2nc(C)c(CC)c(=O)n21. The van der Waals surface area contributed by atoms with Crippen molar-refractivity contribution in [1.82, 2.24) is 14.9 Å². The lowest BCUT2D eigenvalue weighted by Crippen LogP contribution is -2.32. The third-order valence-electron chi connectivity index (χ3n) is 4.03. The van der Waals surface area contributed by atoms with E-state index >= 15 is 0 Å². The quantitative estimate of drug-likeness (QED) is 0.618. The minimum Gasteiger partial charge on any atom is -0.356 e. The molecule has 0 aromatic carbocycles. The maximum Gasteiger partial charge on any atom is 0.257 e. The van der Waals surface area contributed by atoms with Gasteiger partial charge in [-0.15, -0.1) is 0 Å². The molecular formula is C16H25N3O2S. The third-order valence-corrected chi connectivity index (χ3v) is 5.13. The molecule has 6 heteroatoms. The van der Waals surface area contributed by atoms with Crippen LogP contribution < -0.4 is 10.9 Å². The van der Waals surface area contributed by atoms with Crippen LogP contribution in [0.4, 0.5) is 0 Å². The maximum atomic E-state index is 12.6. The van der Waals surface area contributed by atoms with Gasteiger partial charge in [0.05, 0.1) is 6.04 Å². The first-order valence-electron chi connectivity index (χ1n) is 8.10. The summed E-state index contributed by atoms with van der Waals surface area (Å²) in [5, 5.41) is 3.70. The van der Waals surface area contributed by atoms with Gasteiger partial charge >= 0.3 is 0 Å². The zero-order chi connectivity index (χ0) is 16.1. The molecule has 2 heterocycles. The minimum atomic E-state index is -0.0722. The highest BCUT2D eigenvalue weighted by Gasteiger charge is 2.28. The van der Waals surface area contributed by atoms with E-state index < -0.39 is 0 Å². The number of unbranched alkanes of at least 4 members (excludes halogenated alkanes) is 2. The summed E-state index contributed by atoms with van der Waals surface area (Å²) in [6.45, 7) is 6.72. The van der Waals surface area contributed by atoms with Gasteiger partial charge in [-0.3, -0.25) is 14.2 Å². The van der Waals surface area contributed by atoms with Crippen molar-refractivity contribution in [3.05, 3.63) is 21.6 Å². The van der Waals surface area contributed by atoms with Crippen molar-refractivity contribution >= 4 is 17.7 Å². The van der Waals surface area contributed by atoms with Gasteiger partial charge in [0.15, 0.2) is 5.16 Å². The number of hydrogen-bond donors (Lipinski definition) is 1. The van der Waals surface area contributed by atoms with Crippen molar-refractivity contribution in [3.8, 4) is 0 Å². The number of amides is 1. The van der Waals surface area contributed by atoms with Crippen LogP contribution in [0.1, 0.15) is 56.8 Å². The number of aryl methyl sites for hydroxylation is 1. The molecule has 0 spiro atoms. The summed E-state index contributed by atoms with van der Waals surface area (Å²) in [6, 6.07) is -0.0722. The van der Waals surface area contributed by atoms with Crippen LogP contribution >= 0.6 is 11.8 Å². The molecule has 1 unspecified atom stereocenters. The molecule has 0 radical (unpaired) electrons. The fourth-order valence-electron chi connectivity index (χ4n) is 2.77. The zero-order valence-electron chi connectivity index (χ0n) is 13.6. The number of nitrogens with zero attached hydrogens (tertiary/aromatic N) is 2. The summed E-state index contributed by atoms with van der Waals surface area (Å²) in [5.41, 5.74) is 1.61. The summed E-state index contributed by atoms with van der Waals surface area (Å²) in [4.78, 5) is 29.2. The standard InChI is InChI=1S/C16H25N3O2S/c1-4-6-7-8-17-14(20)9-12-10-22-16-18-11(3)13(5-2)15(21)19(12)16/h12H,4-10H2,1-3H3,(H,17,20). The van der Waals surface area contributed by atoms with E-state index in [1.165, 1.54) is 0 Å². The van der Waals surface area contributed by atoms with Crippen LogP contribution in [0.5, 0.6) is 0 Å². The van der Waals surface area contributed by atoms with Crippen molar-refractivity contribution in [2.45, 2.75) is 64.1 Å². The monoisotopic (exact) mass is 323 g/mol. The van der Waals surface area contributed by atoms with Gasteiger partial charge in [-0.2, -0.15) is 0 Å². The minimum absolute atomic E-state index is 0.0267. The number of carbonyl (C=O) groups is 1. The number of thioether (sulfide) groups is 1. The molecular weight excluding hydrogens is 298 g/mol. The highest BCUT2D eigenvalue weighted by atomic mass is 32.2. The number of carbonyl (C=O) groups excluding carboxylic acids is 1. The van der Waals surface area contributed by atoms with Crippen LogP contribution in [-0.2, 0) is 11.2 Å². The van der Waals surface area contributed by atoms with E-state index in [0.29, 0.717) is 12.8 Å². The second-order valence-electron chi connectivity index (χ2n) is 5.71. The Labute approximate surface area is 135 Å². The number of rotatable bonds is 7. The lowest BCUT2D eigenvalue weighted by molar-refractivity contribution is -0.121. The Bertz CT molecular complexity index is 598. The van der Waals surface area contributed by atoms with E-state index in [4.69, 9.17) is 0 Å². The first-order valence-corrected chi connectivity index (χ1v) is 9.08. The Hall–Kier alpha value is -1.30. The summed E-state index contributed by atoms with van der Waals surface area (Å²) in [6.07, 6.45) is 4.32. The maximum absolute atomic E-state index is 12.6. The predicted molar refractivity (Wildman–Crippen MR) is 89.5 cm³/mol. The van der Waals surface area contributed by atoms with Gasteiger partial charge in [0, 0.05) is 30.0 Å². The molecule has 1 aromatic rings. The highest BCUT2D eigenvalue weighted by Crippen LogP contribution is 2.32. The second-order valence-corrected chi connectivity index (χ2v) is 6.70. The van der Waals surface area contributed by atoms with Gasteiger partial charge in [-0.25, -0.2) is 4.98 Å². The molecule has 22 heavy (non-hydrogen) atoms. The molecule has 1 N–H and O–H groups in total. The van der Waals surface area contributed by atoms with E-state index in [1.54, 1.807) is 16.3 Å². The van der Waals surface area contributed by atoms with Crippen molar-refractivity contribution in [1.29, 1.82) is 0 Å². The van der Waals surface area contributed by atoms with Crippen LogP contribution in [0, 0.1) is 6.92 Å². The molecule has 1 amide bonds. The normalized spacial score (nSPS) is 16.6. The Morgan fingerprint density at radius 2 is 2.18 bits per heavy atom. The Balaban J connectivity index is 2.05. The Morgan fingerprint density at radius 3 is 2.86 bits per heavy atom. The molecule has 0 saturated carbocycles. The van der Waals surface area contributed by atoms with Crippen molar-refractivity contribution in [2.75, 3.05) is 12.3 Å². The largest absolute Gasteiger partial charge is 0.356 e. The molecule has 0 fully saturated rings. The Kier molecular flexibility index (Phi) is 6.06. The first-order chi connectivity index (χ1) is 10.6. The third kappa shape index (κ3) is 3.72. The van der Waals surface area contributed by atoms with Gasteiger partial charge in [0.25, 0.3) is 5.56 Å². The van der Waals surface area contributed by atoms with Crippen LogP contribution in [0.3, 0.4) is 0 Å². The van der Waals surface area contributed by atoms with Crippen molar-refractivity contribution < 1.29 is 4.79 Å². The fourth-order valence-corrected chi connectivity index (χ4v) is 3.95. The van der Waals surface area contributed by atoms with Crippen LogP contribution in [0.25, 0.3) is 0 Å². The molecule has 5 nitrogen and oxygen atoms in total. The molecule has 0 bridgehead atoms. The van der Waals surface area contributed by atoms with Crippen LogP contribution in [0.2, 0.25) is 0 Å². The number of aromatic nitrogens is 2. The topological polar surface area (TPSA) is 64.0 Å². The second kappa shape index (κ2) is 7.81. The van der Waals surface area contributed by atoms with Gasteiger partial charge in [0.2, 0.25) is 5.91 Å². The van der Waals surface area contributed by atoms with Gasteiger partial charge in [0.1, 0.15) is 0 Å². The molecule has 2 rings (SSSR count). The van der Waals surface area contributed by atoms with Crippen LogP contribution in [0.15, 0.2) is 9.95 Å². The summed E-state index contributed by atoms with van der Waals surface area (Å²) in [5.74, 6) is 0.775. The van der Waals surface area contributed by atoms with E-state index in [1.807, 2.05) is 13.8 Å². The molecule has 0 saturated heterocycles. The molecule has 1 aliphatic rings. The predicted octanol–water partition coefficient (Wildman–Crippen LogP) is 2.46. The van der Waals surface area contributed by atoms with Crippen LogP contribution in [-0.4, -0.2) is 27.8 Å². The molecule has 0 aliphatic carbocycles. The zero-order valence-corrected chi connectivity index (χ0v) is 14.5. The van der Waals surface area contributed by atoms with E-state index in [2.05, 4.69) is 17.2 Å².